The molecule has 0 saturated carbocycles. The zero-order valence-corrected chi connectivity index (χ0v) is 17.6. The van der Waals surface area contributed by atoms with Crippen LogP contribution in [0.15, 0.2) is 41.2 Å². The van der Waals surface area contributed by atoms with Crippen LogP contribution in [0.25, 0.3) is 17.2 Å². The first-order valence-electron chi connectivity index (χ1n) is 10.1. The molecule has 1 aliphatic heterocycles. The summed E-state index contributed by atoms with van der Waals surface area (Å²) in [5.41, 5.74) is 15.5. The number of hydrogen-bond acceptors (Lipinski definition) is 7. The molecule has 0 fully saturated rings. The molecule has 1 amide bonds. The molecule has 2 aromatic rings. The van der Waals surface area contributed by atoms with Gasteiger partial charge in [0, 0.05) is 42.1 Å². The predicted molar refractivity (Wildman–Crippen MR) is 117 cm³/mol. The molecule has 158 valence electrons. The number of aromatic nitrogens is 2. The lowest BCUT2D eigenvalue weighted by atomic mass is 10.0. The molecule has 0 bridgehead atoms. The van der Waals surface area contributed by atoms with Gasteiger partial charge in [0.1, 0.15) is 11.7 Å². The predicted octanol–water partition coefficient (Wildman–Crippen LogP) is 2.96. The first-order chi connectivity index (χ1) is 14.4. The number of nitrogens with zero attached hydrogens (tertiary/aromatic N) is 4. The summed E-state index contributed by atoms with van der Waals surface area (Å²) in [6.07, 6.45) is 6.26. The van der Waals surface area contributed by atoms with Crippen LogP contribution < -0.4 is 11.5 Å². The number of amides is 1. The van der Waals surface area contributed by atoms with Gasteiger partial charge in [0.05, 0.1) is 18.3 Å². The molecular formula is C22H28N6O2. The van der Waals surface area contributed by atoms with Crippen molar-refractivity contribution in [1.29, 1.82) is 0 Å². The van der Waals surface area contributed by atoms with E-state index in [4.69, 9.17) is 16.3 Å². The topological polar surface area (TPSA) is 120 Å². The zero-order valence-electron chi connectivity index (χ0n) is 17.6. The van der Waals surface area contributed by atoms with Crippen molar-refractivity contribution in [3.63, 3.8) is 0 Å². The van der Waals surface area contributed by atoms with Crippen molar-refractivity contribution in [3.05, 3.63) is 47.6 Å². The van der Waals surface area contributed by atoms with Gasteiger partial charge in [0.2, 0.25) is 0 Å². The largest absolute Gasteiger partial charge is 0.387 e. The summed E-state index contributed by atoms with van der Waals surface area (Å²) in [7, 11) is 0. The average Bonchev–Trinajstić information content (AvgIpc) is 2.90. The number of hydroxylamine groups is 2. The Balaban J connectivity index is 1.94. The number of carbonyl (C=O) groups excluding carboxylic acids is 1. The molecule has 8 nitrogen and oxygen atoms in total. The Morgan fingerprint density at radius 2 is 1.97 bits per heavy atom. The third-order valence-corrected chi connectivity index (χ3v) is 4.48. The SMILES string of the molecule is CCCN(OC(C)C)C(=O)C1=Cc2ccc(-c3cnc(CN)nc3)cc2N=C(N)C1. The van der Waals surface area contributed by atoms with Crippen molar-refractivity contribution in [1.82, 2.24) is 15.0 Å². The highest BCUT2D eigenvalue weighted by Gasteiger charge is 2.23. The van der Waals surface area contributed by atoms with Gasteiger partial charge in [-0.05, 0) is 38.0 Å². The van der Waals surface area contributed by atoms with E-state index >= 15 is 0 Å². The second kappa shape index (κ2) is 9.60. The lowest BCUT2D eigenvalue weighted by Gasteiger charge is -2.24. The maximum atomic E-state index is 13.1. The lowest BCUT2D eigenvalue weighted by Crippen LogP contribution is -2.36. The van der Waals surface area contributed by atoms with Gasteiger partial charge in [-0.25, -0.2) is 20.0 Å². The highest BCUT2D eigenvalue weighted by atomic mass is 16.7. The van der Waals surface area contributed by atoms with Gasteiger partial charge < -0.3 is 11.5 Å². The van der Waals surface area contributed by atoms with E-state index in [1.165, 1.54) is 5.06 Å². The summed E-state index contributed by atoms with van der Waals surface area (Å²) in [6.45, 7) is 6.60. The van der Waals surface area contributed by atoms with Crippen LogP contribution in [0.1, 0.15) is 45.0 Å². The van der Waals surface area contributed by atoms with E-state index in [9.17, 15) is 4.79 Å². The van der Waals surface area contributed by atoms with E-state index < -0.39 is 0 Å². The molecule has 0 aliphatic carbocycles. The number of hydrogen-bond donors (Lipinski definition) is 2. The maximum Gasteiger partial charge on any atom is 0.273 e. The Bertz CT molecular complexity index is 966. The summed E-state index contributed by atoms with van der Waals surface area (Å²) in [5, 5.41) is 1.42. The van der Waals surface area contributed by atoms with E-state index in [0.717, 1.165) is 23.1 Å². The minimum atomic E-state index is -0.189. The number of benzene rings is 1. The van der Waals surface area contributed by atoms with Gasteiger partial charge >= 0.3 is 0 Å². The van der Waals surface area contributed by atoms with Crippen LogP contribution in [-0.4, -0.2) is 39.4 Å². The highest BCUT2D eigenvalue weighted by Crippen LogP contribution is 2.31. The molecule has 1 aromatic carbocycles. The minimum absolute atomic E-state index is 0.0967. The second-order valence-corrected chi connectivity index (χ2v) is 7.38. The molecule has 4 N–H and O–H groups in total. The molecule has 1 aliphatic rings. The van der Waals surface area contributed by atoms with Crippen molar-refractivity contribution in [2.75, 3.05) is 6.54 Å². The summed E-state index contributed by atoms with van der Waals surface area (Å²) in [5.74, 6) is 0.773. The number of aliphatic imine (C=N–C) groups is 1. The van der Waals surface area contributed by atoms with Gasteiger partial charge in [0.15, 0.2) is 0 Å². The molecule has 0 spiro atoms. The molecule has 0 saturated heterocycles. The quantitative estimate of drug-likeness (QED) is 0.680. The van der Waals surface area contributed by atoms with Crippen molar-refractivity contribution < 1.29 is 9.63 Å². The van der Waals surface area contributed by atoms with Crippen LogP contribution in [0, 0.1) is 0 Å². The number of amidine groups is 1. The maximum absolute atomic E-state index is 13.1. The van der Waals surface area contributed by atoms with Crippen molar-refractivity contribution in [2.24, 2.45) is 16.5 Å². The molecule has 3 rings (SSSR count). The van der Waals surface area contributed by atoms with Crippen molar-refractivity contribution >= 4 is 23.5 Å². The van der Waals surface area contributed by atoms with Gasteiger partial charge in [0.25, 0.3) is 5.91 Å². The van der Waals surface area contributed by atoms with Crippen LogP contribution >= 0.6 is 0 Å². The fourth-order valence-electron chi connectivity index (χ4n) is 3.14. The summed E-state index contributed by atoms with van der Waals surface area (Å²) in [6, 6.07) is 5.79. The Morgan fingerprint density at radius 3 is 2.60 bits per heavy atom. The molecule has 8 heteroatoms. The lowest BCUT2D eigenvalue weighted by molar-refractivity contribution is -0.196. The van der Waals surface area contributed by atoms with E-state index in [1.807, 2.05) is 45.0 Å². The van der Waals surface area contributed by atoms with E-state index in [1.54, 1.807) is 12.4 Å². The smallest absolute Gasteiger partial charge is 0.273 e. The monoisotopic (exact) mass is 408 g/mol. The zero-order chi connectivity index (χ0) is 21.7. The molecular weight excluding hydrogens is 380 g/mol. The van der Waals surface area contributed by atoms with Crippen molar-refractivity contribution in [2.45, 2.75) is 46.3 Å². The fourth-order valence-corrected chi connectivity index (χ4v) is 3.14. The molecule has 0 atom stereocenters. The van der Waals surface area contributed by atoms with Crippen LogP contribution in [-0.2, 0) is 16.2 Å². The van der Waals surface area contributed by atoms with E-state index in [2.05, 4.69) is 15.0 Å². The average molecular weight is 409 g/mol. The van der Waals surface area contributed by atoms with E-state index in [-0.39, 0.29) is 18.4 Å². The van der Waals surface area contributed by atoms with Crippen LogP contribution in [0.3, 0.4) is 0 Å². The molecule has 2 heterocycles. The minimum Gasteiger partial charge on any atom is -0.387 e. The molecule has 0 radical (unpaired) electrons. The first kappa shape index (κ1) is 21.6. The Labute approximate surface area is 176 Å². The fraction of sp³-hybridized carbons (Fsp3) is 0.364. The Morgan fingerprint density at radius 1 is 1.23 bits per heavy atom. The van der Waals surface area contributed by atoms with Crippen LogP contribution in [0.5, 0.6) is 0 Å². The second-order valence-electron chi connectivity index (χ2n) is 7.38. The highest BCUT2D eigenvalue weighted by molar-refractivity contribution is 6.05. The Kier molecular flexibility index (Phi) is 6.91. The standard InChI is InChI=1S/C22H28N6O2/c1-4-7-28(30-14(2)3)22(29)17-8-16-6-5-15(9-19(16)27-20(24)10-17)18-12-25-21(11-23)26-13-18/h5-6,8-9,12-14H,4,7,10-11,23H2,1-3H3,(H2,24,27). The third-order valence-electron chi connectivity index (χ3n) is 4.48. The first-order valence-corrected chi connectivity index (χ1v) is 10.1. The number of rotatable bonds is 7. The van der Waals surface area contributed by atoms with Gasteiger partial charge in [-0.2, -0.15) is 0 Å². The van der Waals surface area contributed by atoms with E-state index in [0.29, 0.717) is 36.0 Å². The van der Waals surface area contributed by atoms with Crippen LogP contribution in [0.2, 0.25) is 0 Å². The summed E-state index contributed by atoms with van der Waals surface area (Å²) >= 11 is 0. The normalized spacial score (nSPS) is 13.4. The summed E-state index contributed by atoms with van der Waals surface area (Å²) < 4.78 is 0. The molecule has 30 heavy (non-hydrogen) atoms. The van der Waals surface area contributed by atoms with Crippen LogP contribution in [0.4, 0.5) is 5.69 Å². The number of fused-ring (bicyclic) bond motifs is 1. The van der Waals surface area contributed by atoms with Gasteiger partial charge in [-0.3, -0.25) is 9.63 Å². The molecule has 1 aromatic heterocycles. The van der Waals surface area contributed by atoms with Gasteiger partial charge in [-0.1, -0.05) is 19.1 Å². The number of nitrogens with two attached hydrogens (primary N) is 2. The summed E-state index contributed by atoms with van der Waals surface area (Å²) in [4.78, 5) is 31.8. The van der Waals surface area contributed by atoms with Gasteiger partial charge in [-0.15, -0.1) is 0 Å². The van der Waals surface area contributed by atoms with Crippen molar-refractivity contribution in [3.8, 4) is 11.1 Å². The number of carbonyl (C=O) groups is 1. The molecule has 0 unspecified atom stereocenters. The Hall–Kier alpha value is -3.10. The third kappa shape index (κ3) is 5.08.